The van der Waals surface area contributed by atoms with E-state index in [0.717, 1.165) is 11.4 Å². The van der Waals surface area contributed by atoms with Gasteiger partial charge in [-0.25, -0.2) is 9.36 Å². The minimum Gasteiger partial charge on any atom is -0.465 e. The minimum absolute atomic E-state index is 0.248. The van der Waals surface area contributed by atoms with Gasteiger partial charge in [0.1, 0.15) is 23.1 Å². The highest BCUT2D eigenvalue weighted by Gasteiger charge is 2.23. The van der Waals surface area contributed by atoms with Crippen LogP contribution in [0.2, 0.25) is 0 Å². The zero-order valence-corrected chi connectivity index (χ0v) is 17.3. The lowest BCUT2D eigenvalue weighted by Gasteiger charge is -2.14. The lowest BCUT2D eigenvalue weighted by Crippen LogP contribution is -2.37. The van der Waals surface area contributed by atoms with E-state index < -0.39 is 6.04 Å². The molecule has 4 rings (SSSR count). The Hall–Kier alpha value is -3.68. The molecule has 0 saturated carbocycles. The van der Waals surface area contributed by atoms with Crippen molar-refractivity contribution in [3.05, 3.63) is 75.7 Å². The molecule has 0 aliphatic heterocycles. The summed E-state index contributed by atoms with van der Waals surface area (Å²) in [4.78, 5) is 25.9. The highest BCUT2D eigenvalue weighted by atomic mass is 16.3. The summed E-state index contributed by atoms with van der Waals surface area (Å²) in [5, 5.41) is 12.2. The molecule has 8 heteroatoms. The Labute approximate surface area is 173 Å². The van der Waals surface area contributed by atoms with Crippen LogP contribution in [0.5, 0.6) is 0 Å². The first-order valence-corrected chi connectivity index (χ1v) is 9.74. The summed E-state index contributed by atoms with van der Waals surface area (Å²) in [5.41, 5.74) is 2.35. The number of nitrogens with zero attached hydrogens (tertiary/aromatic N) is 4. The van der Waals surface area contributed by atoms with Gasteiger partial charge < -0.3 is 9.73 Å². The average Bonchev–Trinajstić information content (AvgIpc) is 3.32. The summed E-state index contributed by atoms with van der Waals surface area (Å²) in [7, 11) is 0. The smallest absolute Gasteiger partial charge is 0.278 e. The highest BCUT2D eigenvalue weighted by molar-refractivity contribution is 5.84. The number of para-hydroxylation sites is 1. The van der Waals surface area contributed by atoms with Gasteiger partial charge in [0, 0.05) is 0 Å². The van der Waals surface area contributed by atoms with Crippen molar-refractivity contribution in [3.8, 4) is 5.69 Å². The topological polar surface area (TPSA) is 95.0 Å². The molecule has 8 nitrogen and oxygen atoms in total. The van der Waals surface area contributed by atoms with Crippen molar-refractivity contribution in [1.82, 2.24) is 24.9 Å². The van der Waals surface area contributed by atoms with E-state index in [0.29, 0.717) is 28.1 Å². The van der Waals surface area contributed by atoms with Crippen molar-refractivity contribution >= 4 is 16.8 Å². The molecule has 154 valence electrons. The Morgan fingerprint density at radius 1 is 1.10 bits per heavy atom. The molecule has 30 heavy (non-hydrogen) atoms. The lowest BCUT2D eigenvalue weighted by atomic mass is 10.2. The summed E-state index contributed by atoms with van der Waals surface area (Å²) in [6, 6.07) is 12.5. The fourth-order valence-electron chi connectivity index (χ4n) is 3.48. The minimum atomic E-state index is -0.781. The zero-order valence-electron chi connectivity index (χ0n) is 17.3. The van der Waals surface area contributed by atoms with E-state index in [1.54, 1.807) is 18.5 Å². The molecule has 1 amide bonds. The second-order valence-corrected chi connectivity index (χ2v) is 7.30. The van der Waals surface area contributed by atoms with E-state index in [4.69, 9.17) is 4.42 Å². The molecule has 1 atom stereocenters. The number of amides is 1. The summed E-state index contributed by atoms with van der Waals surface area (Å²) in [6.07, 6.45) is 0. The van der Waals surface area contributed by atoms with Gasteiger partial charge in [-0.1, -0.05) is 18.2 Å². The number of rotatable bonds is 5. The predicted octanol–water partition coefficient (Wildman–Crippen LogP) is 2.98. The maximum atomic E-state index is 13.2. The molecule has 3 heterocycles. The summed E-state index contributed by atoms with van der Waals surface area (Å²) < 4.78 is 8.43. The molecule has 0 unspecified atom stereocenters. The second-order valence-electron chi connectivity index (χ2n) is 7.30. The average molecular weight is 405 g/mol. The lowest BCUT2D eigenvalue weighted by molar-refractivity contribution is -0.124. The van der Waals surface area contributed by atoms with Gasteiger partial charge in [-0.15, -0.1) is 0 Å². The van der Waals surface area contributed by atoms with Gasteiger partial charge in [0.25, 0.3) is 5.56 Å². The van der Waals surface area contributed by atoms with Gasteiger partial charge in [0.15, 0.2) is 0 Å². The first kappa shape index (κ1) is 19.6. The van der Waals surface area contributed by atoms with Crippen molar-refractivity contribution in [3.63, 3.8) is 0 Å². The Kier molecular flexibility index (Phi) is 4.99. The third-order valence-corrected chi connectivity index (χ3v) is 5.12. The Morgan fingerprint density at radius 2 is 1.83 bits per heavy atom. The quantitative estimate of drug-likeness (QED) is 0.551. The first-order valence-electron chi connectivity index (χ1n) is 9.74. The number of aromatic nitrogens is 4. The van der Waals surface area contributed by atoms with E-state index in [2.05, 4.69) is 15.5 Å². The maximum absolute atomic E-state index is 13.2. The standard InChI is InChI=1S/C22H23N5O3/c1-13-10-11-18(30-13)12-23-21(28)16(4)27-22(29)19-15(3)26(17-8-6-5-7-9-17)25-20(19)14(2)24-27/h5-11,16H,12H2,1-4H3,(H,23,28)/t16-/m1/s1. The summed E-state index contributed by atoms with van der Waals surface area (Å²) in [6.45, 7) is 7.37. The van der Waals surface area contributed by atoms with Crippen LogP contribution in [-0.2, 0) is 11.3 Å². The third-order valence-electron chi connectivity index (χ3n) is 5.12. The summed E-state index contributed by atoms with van der Waals surface area (Å²) in [5.74, 6) is 1.11. The van der Waals surface area contributed by atoms with Crippen molar-refractivity contribution in [2.45, 2.75) is 40.3 Å². The number of fused-ring (bicyclic) bond motifs is 1. The predicted molar refractivity (Wildman–Crippen MR) is 113 cm³/mol. The van der Waals surface area contributed by atoms with Crippen LogP contribution in [0.3, 0.4) is 0 Å². The fraction of sp³-hybridized carbons (Fsp3) is 0.273. The van der Waals surface area contributed by atoms with Gasteiger partial charge >= 0.3 is 0 Å². The molecule has 4 aromatic rings. The van der Waals surface area contributed by atoms with Gasteiger partial charge in [0.2, 0.25) is 5.91 Å². The first-order chi connectivity index (χ1) is 14.4. The van der Waals surface area contributed by atoms with Gasteiger partial charge in [0.05, 0.1) is 29.0 Å². The van der Waals surface area contributed by atoms with Crippen molar-refractivity contribution in [1.29, 1.82) is 0 Å². The molecule has 0 radical (unpaired) electrons. The second kappa shape index (κ2) is 7.62. The largest absolute Gasteiger partial charge is 0.465 e. The fourth-order valence-corrected chi connectivity index (χ4v) is 3.48. The van der Waals surface area contributed by atoms with E-state index >= 15 is 0 Å². The highest BCUT2D eigenvalue weighted by Crippen LogP contribution is 2.20. The number of hydrogen-bond acceptors (Lipinski definition) is 5. The maximum Gasteiger partial charge on any atom is 0.278 e. The SMILES string of the molecule is Cc1ccc(CNC(=O)[C@@H](C)n2nc(C)c3nn(-c4ccccc4)c(C)c3c2=O)o1. The van der Waals surface area contributed by atoms with Crippen LogP contribution in [-0.4, -0.2) is 25.5 Å². The molecule has 1 aromatic carbocycles. The van der Waals surface area contributed by atoms with E-state index in [1.165, 1.54) is 4.68 Å². The van der Waals surface area contributed by atoms with E-state index in [9.17, 15) is 9.59 Å². The normalized spacial score (nSPS) is 12.3. The summed E-state index contributed by atoms with van der Waals surface area (Å²) >= 11 is 0. The molecule has 0 saturated heterocycles. The number of hydrogen-bond donors (Lipinski definition) is 1. The number of carbonyl (C=O) groups is 1. The van der Waals surface area contributed by atoms with Crippen molar-refractivity contribution in [2.24, 2.45) is 0 Å². The molecule has 0 spiro atoms. The molecule has 3 aromatic heterocycles. The third kappa shape index (κ3) is 3.41. The van der Waals surface area contributed by atoms with Gasteiger partial charge in [-0.2, -0.15) is 10.2 Å². The number of nitrogens with one attached hydrogen (secondary N) is 1. The Bertz CT molecular complexity index is 1280. The molecule has 0 fully saturated rings. The Morgan fingerprint density at radius 3 is 2.50 bits per heavy atom. The number of benzene rings is 1. The van der Waals surface area contributed by atoms with Crippen LogP contribution >= 0.6 is 0 Å². The molecular formula is C22H23N5O3. The van der Waals surface area contributed by atoms with Crippen LogP contribution < -0.4 is 10.9 Å². The molecular weight excluding hydrogens is 382 g/mol. The van der Waals surface area contributed by atoms with Gasteiger partial charge in [-0.05, 0) is 52.0 Å². The number of carbonyl (C=O) groups excluding carboxylic acids is 1. The Balaban J connectivity index is 1.69. The zero-order chi connectivity index (χ0) is 21.4. The monoisotopic (exact) mass is 405 g/mol. The van der Waals surface area contributed by atoms with Gasteiger partial charge in [-0.3, -0.25) is 9.59 Å². The van der Waals surface area contributed by atoms with Crippen LogP contribution in [0, 0.1) is 20.8 Å². The van der Waals surface area contributed by atoms with E-state index in [1.807, 2.05) is 56.3 Å². The molecule has 0 aliphatic rings. The number of aryl methyl sites for hydroxylation is 3. The molecule has 0 bridgehead atoms. The van der Waals surface area contributed by atoms with Crippen LogP contribution in [0.4, 0.5) is 0 Å². The van der Waals surface area contributed by atoms with Crippen LogP contribution in [0.1, 0.15) is 35.9 Å². The number of furan rings is 1. The molecule has 0 aliphatic carbocycles. The van der Waals surface area contributed by atoms with Crippen molar-refractivity contribution < 1.29 is 9.21 Å². The van der Waals surface area contributed by atoms with Crippen LogP contribution in [0.25, 0.3) is 16.6 Å². The van der Waals surface area contributed by atoms with Crippen LogP contribution in [0.15, 0.2) is 51.7 Å². The molecule has 1 N–H and O–H groups in total. The van der Waals surface area contributed by atoms with Crippen molar-refractivity contribution in [2.75, 3.05) is 0 Å². The van der Waals surface area contributed by atoms with E-state index in [-0.39, 0.29) is 18.0 Å².